The largest absolute Gasteiger partial charge is 0.385 e. The molecule has 0 aromatic heterocycles. The zero-order valence-electron chi connectivity index (χ0n) is 14.3. The average molecular weight is 322 g/mol. The van der Waals surface area contributed by atoms with E-state index in [1.54, 1.807) is 14.2 Å². The Labute approximate surface area is 139 Å². The van der Waals surface area contributed by atoms with Crippen molar-refractivity contribution in [3.63, 3.8) is 0 Å². The molecule has 0 unspecified atom stereocenters. The number of aliphatic imine (C=N–C) groups is 1. The Morgan fingerprint density at radius 3 is 2.39 bits per heavy atom. The summed E-state index contributed by atoms with van der Waals surface area (Å²) in [5.41, 5.74) is 1.16. The number of hydrogen-bond acceptors (Lipinski definition) is 4. The van der Waals surface area contributed by atoms with Crippen LogP contribution in [0.2, 0.25) is 0 Å². The van der Waals surface area contributed by atoms with Crippen LogP contribution in [-0.4, -0.2) is 59.6 Å². The van der Waals surface area contributed by atoms with E-state index in [1.165, 1.54) is 0 Å². The van der Waals surface area contributed by atoms with Crippen LogP contribution in [0.3, 0.4) is 0 Å². The SMILES string of the molecule is CN=C(NCCCNc1ccccc1)NCCCOCCOC. The number of rotatable bonds is 12. The second-order valence-electron chi connectivity index (χ2n) is 5.03. The number of nitrogens with zero attached hydrogens (tertiary/aromatic N) is 1. The topological polar surface area (TPSA) is 66.9 Å². The summed E-state index contributed by atoms with van der Waals surface area (Å²) < 4.78 is 10.3. The molecule has 0 fully saturated rings. The Balaban J connectivity index is 1.97. The lowest BCUT2D eigenvalue weighted by atomic mass is 10.3. The Hall–Kier alpha value is -1.79. The molecule has 0 amide bonds. The van der Waals surface area contributed by atoms with Crippen LogP contribution in [0.1, 0.15) is 12.8 Å². The van der Waals surface area contributed by atoms with E-state index in [0.29, 0.717) is 13.2 Å². The van der Waals surface area contributed by atoms with Crippen LogP contribution in [0.5, 0.6) is 0 Å². The van der Waals surface area contributed by atoms with E-state index in [0.717, 1.165) is 50.7 Å². The molecular formula is C17H30N4O2. The molecule has 23 heavy (non-hydrogen) atoms. The Morgan fingerprint density at radius 1 is 0.957 bits per heavy atom. The van der Waals surface area contributed by atoms with Gasteiger partial charge in [-0.15, -0.1) is 0 Å². The first-order chi connectivity index (χ1) is 11.4. The summed E-state index contributed by atoms with van der Waals surface area (Å²) >= 11 is 0. The van der Waals surface area contributed by atoms with Gasteiger partial charge in [0, 0.05) is 46.1 Å². The minimum Gasteiger partial charge on any atom is -0.385 e. The molecular weight excluding hydrogens is 292 g/mol. The third-order valence-corrected chi connectivity index (χ3v) is 3.16. The minimum atomic E-state index is 0.646. The highest BCUT2D eigenvalue weighted by atomic mass is 16.5. The van der Waals surface area contributed by atoms with E-state index in [-0.39, 0.29) is 0 Å². The summed E-state index contributed by atoms with van der Waals surface area (Å²) in [6.07, 6.45) is 1.97. The molecule has 1 aromatic carbocycles. The summed E-state index contributed by atoms with van der Waals surface area (Å²) in [6, 6.07) is 10.2. The standard InChI is InChI=1S/C17H30N4O2/c1-18-17(21-12-7-13-23-15-14-22-2)20-11-6-10-19-16-8-4-3-5-9-16/h3-5,8-9,19H,6-7,10-15H2,1-2H3,(H2,18,20,21). The monoisotopic (exact) mass is 322 g/mol. The maximum atomic E-state index is 5.41. The number of methoxy groups -OCH3 is 1. The van der Waals surface area contributed by atoms with Gasteiger partial charge in [0.25, 0.3) is 0 Å². The van der Waals surface area contributed by atoms with E-state index in [4.69, 9.17) is 9.47 Å². The third kappa shape index (κ3) is 10.5. The van der Waals surface area contributed by atoms with Crippen molar-refractivity contribution >= 4 is 11.6 Å². The number of hydrogen-bond donors (Lipinski definition) is 3. The van der Waals surface area contributed by atoms with Crippen LogP contribution in [-0.2, 0) is 9.47 Å². The molecule has 0 aliphatic carbocycles. The van der Waals surface area contributed by atoms with E-state index in [1.807, 2.05) is 18.2 Å². The van der Waals surface area contributed by atoms with Crippen LogP contribution >= 0.6 is 0 Å². The van der Waals surface area contributed by atoms with Crippen LogP contribution in [0.25, 0.3) is 0 Å². The molecule has 0 spiro atoms. The van der Waals surface area contributed by atoms with Crippen molar-refractivity contribution in [3.8, 4) is 0 Å². The lowest BCUT2D eigenvalue weighted by Gasteiger charge is -2.12. The predicted octanol–water partition coefficient (Wildman–Crippen LogP) is 1.71. The first-order valence-corrected chi connectivity index (χ1v) is 8.17. The lowest BCUT2D eigenvalue weighted by Crippen LogP contribution is -2.38. The predicted molar refractivity (Wildman–Crippen MR) is 96.2 cm³/mol. The summed E-state index contributed by atoms with van der Waals surface area (Å²) in [6.45, 7) is 4.68. The number of nitrogens with one attached hydrogen (secondary N) is 3. The molecule has 0 radical (unpaired) electrons. The quantitative estimate of drug-likeness (QED) is 0.310. The molecule has 1 aromatic rings. The summed E-state index contributed by atoms with van der Waals surface area (Å²) in [7, 11) is 3.46. The maximum absolute atomic E-state index is 5.41. The highest BCUT2D eigenvalue weighted by Gasteiger charge is 1.97. The summed E-state index contributed by atoms with van der Waals surface area (Å²) in [4.78, 5) is 4.20. The highest BCUT2D eigenvalue weighted by molar-refractivity contribution is 5.79. The molecule has 0 bridgehead atoms. The number of para-hydroxylation sites is 1. The second-order valence-corrected chi connectivity index (χ2v) is 5.03. The molecule has 6 nitrogen and oxygen atoms in total. The Kier molecular flexibility index (Phi) is 11.6. The van der Waals surface area contributed by atoms with Crippen molar-refractivity contribution in [2.24, 2.45) is 4.99 Å². The molecule has 3 N–H and O–H groups in total. The van der Waals surface area contributed by atoms with Gasteiger partial charge in [-0.3, -0.25) is 4.99 Å². The summed E-state index contributed by atoms with van der Waals surface area (Å²) in [5.74, 6) is 0.835. The molecule has 0 saturated heterocycles. The number of anilines is 1. The normalized spacial score (nSPS) is 11.3. The second kappa shape index (κ2) is 13.8. The van der Waals surface area contributed by atoms with Gasteiger partial charge < -0.3 is 25.4 Å². The fourth-order valence-corrected chi connectivity index (χ4v) is 1.93. The van der Waals surface area contributed by atoms with Crippen molar-refractivity contribution in [2.45, 2.75) is 12.8 Å². The van der Waals surface area contributed by atoms with E-state index >= 15 is 0 Å². The van der Waals surface area contributed by atoms with Gasteiger partial charge in [0.2, 0.25) is 0 Å². The molecule has 6 heteroatoms. The fraction of sp³-hybridized carbons (Fsp3) is 0.588. The van der Waals surface area contributed by atoms with Crippen molar-refractivity contribution in [3.05, 3.63) is 30.3 Å². The Bertz CT molecular complexity index is 412. The van der Waals surface area contributed by atoms with E-state index < -0.39 is 0 Å². The van der Waals surface area contributed by atoms with Gasteiger partial charge >= 0.3 is 0 Å². The van der Waals surface area contributed by atoms with Crippen molar-refractivity contribution in [1.82, 2.24) is 10.6 Å². The average Bonchev–Trinajstić information content (AvgIpc) is 2.59. The van der Waals surface area contributed by atoms with Gasteiger partial charge in [-0.2, -0.15) is 0 Å². The number of ether oxygens (including phenoxy) is 2. The van der Waals surface area contributed by atoms with Crippen LogP contribution < -0.4 is 16.0 Å². The fourth-order valence-electron chi connectivity index (χ4n) is 1.93. The molecule has 0 aliphatic heterocycles. The first kappa shape index (κ1) is 19.3. The van der Waals surface area contributed by atoms with Gasteiger partial charge in [-0.05, 0) is 25.0 Å². The van der Waals surface area contributed by atoms with E-state index in [2.05, 4.69) is 33.1 Å². The smallest absolute Gasteiger partial charge is 0.190 e. The van der Waals surface area contributed by atoms with Crippen molar-refractivity contribution in [1.29, 1.82) is 0 Å². The van der Waals surface area contributed by atoms with Gasteiger partial charge in [-0.25, -0.2) is 0 Å². The van der Waals surface area contributed by atoms with Crippen LogP contribution in [0, 0.1) is 0 Å². The van der Waals surface area contributed by atoms with Crippen molar-refractivity contribution < 1.29 is 9.47 Å². The molecule has 0 aliphatic rings. The summed E-state index contributed by atoms with van der Waals surface area (Å²) in [5, 5.41) is 9.97. The van der Waals surface area contributed by atoms with Gasteiger partial charge in [0.1, 0.15) is 0 Å². The highest BCUT2D eigenvalue weighted by Crippen LogP contribution is 2.03. The van der Waals surface area contributed by atoms with Gasteiger partial charge in [0.15, 0.2) is 5.96 Å². The molecule has 0 saturated carbocycles. The van der Waals surface area contributed by atoms with Crippen molar-refractivity contribution in [2.75, 3.05) is 58.9 Å². The van der Waals surface area contributed by atoms with Gasteiger partial charge in [-0.1, -0.05) is 18.2 Å². The third-order valence-electron chi connectivity index (χ3n) is 3.16. The van der Waals surface area contributed by atoms with Crippen LogP contribution in [0.15, 0.2) is 35.3 Å². The lowest BCUT2D eigenvalue weighted by molar-refractivity contribution is 0.0698. The molecule has 0 atom stereocenters. The van der Waals surface area contributed by atoms with Gasteiger partial charge in [0.05, 0.1) is 13.2 Å². The molecule has 0 heterocycles. The number of benzene rings is 1. The molecule has 1 rings (SSSR count). The maximum Gasteiger partial charge on any atom is 0.190 e. The minimum absolute atomic E-state index is 0.646. The zero-order chi connectivity index (χ0) is 16.6. The van der Waals surface area contributed by atoms with Crippen LogP contribution in [0.4, 0.5) is 5.69 Å². The first-order valence-electron chi connectivity index (χ1n) is 8.17. The van der Waals surface area contributed by atoms with E-state index in [9.17, 15) is 0 Å². The molecule has 130 valence electrons. The zero-order valence-corrected chi connectivity index (χ0v) is 14.3. The Morgan fingerprint density at radius 2 is 1.70 bits per heavy atom. The number of guanidine groups is 1.